The molecule has 0 aliphatic heterocycles. The first kappa shape index (κ1) is 12.9. The van der Waals surface area contributed by atoms with Gasteiger partial charge in [0.25, 0.3) is 0 Å². The van der Waals surface area contributed by atoms with Crippen molar-refractivity contribution in [3.63, 3.8) is 0 Å². The van der Waals surface area contributed by atoms with Crippen molar-refractivity contribution in [3.05, 3.63) is 70.1 Å². The summed E-state index contributed by atoms with van der Waals surface area (Å²) in [6.45, 7) is 0. The molecule has 1 aromatic carbocycles. The summed E-state index contributed by atoms with van der Waals surface area (Å²) in [6.07, 6.45) is 3.45. The second kappa shape index (κ2) is 5.13. The first-order chi connectivity index (χ1) is 10.1. The predicted molar refractivity (Wildman–Crippen MR) is 82.4 cm³/mol. The zero-order valence-electron chi connectivity index (χ0n) is 11.1. The summed E-state index contributed by atoms with van der Waals surface area (Å²) in [7, 11) is 0. The number of primary amides is 1. The lowest BCUT2D eigenvalue weighted by atomic mass is 10.0. The Morgan fingerprint density at radius 1 is 1.10 bits per heavy atom. The van der Waals surface area contributed by atoms with E-state index in [4.69, 9.17) is 5.73 Å². The number of nitrogens with two attached hydrogens (primary N) is 1. The van der Waals surface area contributed by atoms with Crippen molar-refractivity contribution in [2.24, 2.45) is 5.73 Å². The molecule has 3 rings (SSSR count). The van der Waals surface area contributed by atoms with Gasteiger partial charge in [-0.15, -0.1) is 0 Å². The van der Waals surface area contributed by atoms with Gasteiger partial charge in [0.1, 0.15) is 5.65 Å². The predicted octanol–water partition coefficient (Wildman–Crippen LogP) is 1.88. The molecule has 0 atom stereocenters. The molecule has 0 saturated carbocycles. The average Bonchev–Trinajstić information content (AvgIpc) is 2.87. The molecule has 21 heavy (non-hydrogen) atoms. The van der Waals surface area contributed by atoms with Gasteiger partial charge in [0.2, 0.25) is 11.5 Å². The van der Waals surface area contributed by atoms with E-state index in [-0.39, 0.29) is 5.56 Å². The van der Waals surface area contributed by atoms with Gasteiger partial charge in [-0.25, -0.2) is 0 Å². The summed E-state index contributed by atoms with van der Waals surface area (Å²) in [4.78, 5) is 28.7. The smallest absolute Gasteiger partial charge is 0.249 e. The van der Waals surface area contributed by atoms with Crippen molar-refractivity contribution in [2.75, 3.05) is 0 Å². The molecule has 0 fully saturated rings. The fraction of sp³-hybridized carbons (Fsp3) is 0. The summed E-state index contributed by atoms with van der Waals surface area (Å²) >= 11 is 0. The summed E-state index contributed by atoms with van der Waals surface area (Å²) < 4.78 is 0. The molecule has 5 heteroatoms. The lowest BCUT2D eigenvalue weighted by molar-refractivity contribution is -0.112. The number of H-pyrrole nitrogens is 2. The Labute approximate surface area is 120 Å². The van der Waals surface area contributed by atoms with Gasteiger partial charge in [-0.1, -0.05) is 30.3 Å². The van der Waals surface area contributed by atoms with E-state index in [1.807, 2.05) is 30.3 Å². The van der Waals surface area contributed by atoms with E-state index < -0.39 is 5.91 Å². The lowest BCUT2D eigenvalue weighted by Crippen LogP contribution is -2.12. The van der Waals surface area contributed by atoms with Crippen LogP contribution in [0.1, 0.15) is 11.1 Å². The third-order valence-corrected chi connectivity index (χ3v) is 3.25. The molecule has 0 aliphatic rings. The number of aromatic nitrogens is 2. The van der Waals surface area contributed by atoms with Gasteiger partial charge in [0, 0.05) is 28.8 Å². The van der Waals surface area contributed by atoms with Crippen LogP contribution < -0.4 is 11.3 Å². The molecule has 0 bridgehead atoms. The Morgan fingerprint density at radius 2 is 1.86 bits per heavy atom. The number of hydrogen-bond donors (Lipinski definition) is 3. The van der Waals surface area contributed by atoms with Crippen LogP contribution in [0.5, 0.6) is 0 Å². The molecule has 5 nitrogen and oxygen atoms in total. The van der Waals surface area contributed by atoms with E-state index in [0.717, 1.165) is 16.5 Å². The Bertz CT molecular complexity index is 889. The van der Waals surface area contributed by atoms with Gasteiger partial charge < -0.3 is 15.7 Å². The van der Waals surface area contributed by atoms with Crippen molar-refractivity contribution in [2.45, 2.75) is 0 Å². The van der Waals surface area contributed by atoms with Crippen molar-refractivity contribution < 1.29 is 4.79 Å². The molecular weight excluding hydrogens is 266 g/mol. The first-order valence-electron chi connectivity index (χ1n) is 6.42. The Morgan fingerprint density at radius 3 is 2.57 bits per heavy atom. The van der Waals surface area contributed by atoms with Crippen LogP contribution in [0.15, 0.2) is 53.5 Å². The quantitative estimate of drug-likeness (QED) is 0.639. The third-order valence-electron chi connectivity index (χ3n) is 3.25. The van der Waals surface area contributed by atoms with E-state index in [1.165, 1.54) is 6.07 Å². The first-order valence-corrected chi connectivity index (χ1v) is 6.42. The van der Waals surface area contributed by atoms with Crippen molar-refractivity contribution in [3.8, 4) is 0 Å². The number of rotatable bonds is 3. The highest BCUT2D eigenvalue weighted by Gasteiger charge is 2.10. The molecular formula is C16H13N3O2. The highest BCUT2D eigenvalue weighted by molar-refractivity contribution is 6.24. The number of benzene rings is 1. The van der Waals surface area contributed by atoms with Crippen LogP contribution in [0.2, 0.25) is 0 Å². The van der Waals surface area contributed by atoms with Crippen LogP contribution in [0, 0.1) is 0 Å². The molecule has 104 valence electrons. The van der Waals surface area contributed by atoms with Gasteiger partial charge in [0.05, 0.1) is 0 Å². The normalized spacial score (nSPS) is 11.7. The van der Waals surface area contributed by atoms with E-state index in [1.54, 1.807) is 18.3 Å². The molecule has 0 radical (unpaired) electrons. The SMILES string of the molecule is NC(=O)/C(=C/c1c[nH]c2[nH]c(=O)ccc12)c1ccccc1. The number of amides is 1. The second-order valence-electron chi connectivity index (χ2n) is 4.64. The minimum absolute atomic E-state index is 0.182. The van der Waals surface area contributed by atoms with Crippen molar-refractivity contribution in [1.82, 2.24) is 9.97 Å². The van der Waals surface area contributed by atoms with Crippen molar-refractivity contribution in [1.29, 1.82) is 0 Å². The minimum atomic E-state index is -0.500. The maximum Gasteiger partial charge on any atom is 0.249 e. The molecule has 0 saturated heterocycles. The van der Waals surface area contributed by atoms with Crippen LogP contribution in [-0.2, 0) is 4.79 Å². The Hall–Kier alpha value is -3.08. The van der Waals surface area contributed by atoms with E-state index in [9.17, 15) is 9.59 Å². The maximum absolute atomic E-state index is 11.7. The second-order valence-corrected chi connectivity index (χ2v) is 4.64. The third kappa shape index (κ3) is 2.49. The van der Waals surface area contributed by atoms with Crippen LogP contribution >= 0.6 is 0 Å². The fourth-order valence-electron chi connectivity index (χ4n) is 2.25. The molecule has 4 N–H and O–H groups in total. The molecule has 1 amide bonds. The standard InChI is InChI=1S/C16H13N3O2/c17-15(21)13(10-4-2-1-3-5-10)8-11-9-18-16-12(11)6-7-14(20)19-16/h1-9H,(H2,17,21)(H2,18,19,20)/b13-8+. The molecule has 2 aromatic heterocycles. The number of nitrogens with one attached hydrogen (secondary N) is 2. The number of aromatic amines is 2. The topological polar surface area (TPSA) is 91.7 Å². The zero-order valence-corrected chi connectivity index (χ0v) is 11.1. The molecule has 0 unspecified atom stereocenters. The molecule has 2 heterocycles. The van der Waals surface area contributed by atoms with Crippen LogP contribution in [0.4, 0.5) is 0 Å². The number of carbonyl (C=O) groups is 1. The largest absolute Gasteiger partial charge is 0.366 e. The van der Waals surface area contributed by atoms with E-state index >= 15 is 0 Å². The van der Waals surface area contributed by atoms with Gasteiger partial charge in [-0.2, -0.15) is 0 Å². The van der Waals surface area contributed by atoms with E-state index in [0.29, 0.717) is 11.2 Å². The number of hydrogen-bond acceptors (Lipinski definition) is 2. The monoisotopic (exact) mass is 279 g/mol. The Kier molecular flexibility index (Phi) is 3.16. The van der Waals surface area contributed by atoms with Crippen LogP contribution in [0.25, 0.3) is 22.7 Å². The number of carbonyl (C=O) groups excluding carboxylic acids is 1. The summed E-state index contributed by atoms with van der Waals surface area (Å²) in [5.74, 6) is -0.500. The molecule has 0 aliphatic carbocycles. The zero-order chi connectivity index (χ0) is 14.8. The number of fused-ring (bicyclic) bond motifs is 1. The van der Waals surface area contributed by atoms with Crippen LogP contribution in [-0.4, -0.2) is 15.9 Å². The maximum atomic E-state index is 11.7. The van der Waals surface area contributed by atoms with Gasteiger partial charge in [-0.3, -0.25) is 9.59 Å². The Balaban J connectivity index is 2.16. The van der Waals surface area contributed by atoms with Crippen LogP contribution in [0.3, 0.4) is 0 Å². The highest BCUT2D eigenvalue weighted by Crippen LogP contribution is 2.22. The highest BCUT2D eigenvalue weighted by atomic mass is 16.1. The average molecular weight is 279 g/mol. The molecule has 0 spiro atoms. The number of pyridine rings is 1. The summed E-state index contributed by atoms with van der Waals surface area (Å²) in [6, 6.07) is 12.4. The van der Waals surface area contributed by atoms with E-state index in [2.05, 4.69) is 9.97 Å². The van der Waals surface area contributed by atoms with Crippen molar-refractivity contribution >= 4 is 28.6 Å². The summed E-state index contributed by atoms with van der Waals surface area (Å²) in [5, 5.41) is 0.823. The molecule has 3 aromatic rings. The lowest BCUT2D eigenvalue weighted by Gasteiger charge is -2.03. The van der Waals surface area contributed by atoms with Gasteiger partial charge in [-0.05, 0) is 17.7 Å². The fourth-order valence-corrected chi connectivity index (χ4v) is 2.25. The summed E-state index contributed by atoms with van der Waals surface area (Å²) in [5.41, 5.74) is 7.88. The minimum Gasteiger partial charge on any atom is -0.366 e. The van der Waals surface area contributed by atoms with Gasteiger partial charge >= 0.3 is 0 Å². The van der Waals surface area contributed by atoms with Gasteiger partial charge in [0.15, 0.2) is 0 Å².